The van der Waals surface area contributed by atoms with E-state index in [1.165, 1.54) is 6.42 Å². The molecule has 0 spiro atoms. The second-order valence-corrected chi connectivity index (χ2v) is 4.90. The van der Waals surface area contributed by atoms with Gasteiger partial charge in [-0.3, -0.25) is 0 Å². The molecular weight excluding hydrogens is 224 g/mol. The van der Waals surface area contributed by atoms with Gasteiger partial charge >= 0.3 is 0 Å². The van der Waals surface area contributed by atoms with E-state index in [2.05, 4.69) is 16.2 Å². The molecule has 1 fully saturated rings. The van der Waals surface area contributed by atoms with Gasteiger partial charge in [-0.25, -0.2) is 0 Å². The third-order valence-corrected chi connectivity index (χ3v) is 3.62. The SMILES string of the molecule is C#CC1(Nc2nc3ccccc3o2)CCCCC1. The third-order valence-electron chi connectivity index (χ3n) is 3.62. The Labute approximate surface area is 107 Å². The second-order valence-electron chi connectivity index (χ2n) is 4.90. The average Bonchev–Trinajstić information content (AvgIpc) is 2.81. The monoisotopic (exact) mass is 240 g/mol. The zero-order chi connectivity index (χ0) is 12.4. The summed E-state index contributed by atoms with van der Waals surface area (Å²) >= 11 is 0. The van der Waals surface area contributed by atoms with Crippen LogP contribution in [0.4, 0.5) is 6.01 Å². The van der Waals surface area contributed by atoms with Crippen molar-refractivity contribution in [3.8, 4) is 12.3 Å². The van der Waals surface area contributed by atoms with Gasteiger partial charge in [0.15, 0.2) is 5.58 Å². The molecule has 1 aliphatic carbocycles. The lowest BCUT2D eigenvalue weighted by atomic mass is 9.82. The van der Waals surface area contributed by atoms with Crippen LogP contribution < -0.4 is 5.32 Å². The number of benzene rings is 1. The van der Waals surface area contributed by atoms with Gasteiger partial charge in [-0.05, 0) is 25.0 Å². The van der Waals surface area contributed by atoms with Crippen molar-refractivity contribution in [3.05, 3.63) is 24.3 Å². The first kappa shape index (κ1) is 11.2. The number of hydrogen-bond acceptors (Lipinski definition) is 3. The van der Waals surface area contributed by atoms with Crippen LogP contribution in [0.3, 0.4) is 0 Å². The van der Waals surface area contributed by atoms with Gasteiger partial charge in [0, 0.05) is 0 Å². The number of terminal acetylenes is 1. The lowest BCUT2D eigenvalue weighted by Crippen LogP contribution is -2.38. The molecule has 0 bridgehead atoms. The summed E-state index contributed by atoms with van der Waals surface area (Å²) in [5, 5.41) is 3.32. The Kier molecular flexibility index (Phi) is 2.71. The first-order chi connectivity index (χ1) is 8.81. The number of rotatable bonds is 2. The molecule has 1 saturated carbocycles. The van der Waals surface area contributed by atoms with Crippen molar-refractivity contribution in [1.82, 2.24) is 4.98 Å². The highest BCUT2D eigenvalue weighted by molar-refractivity contribution is 5.74. The first-order valence-electron chi connectivity index (χ1n) is 6.43. The van der Waals surface area contributed by atoms with E-state index in [1.807, 2.05) is 24.3 Å². The van der Waals surface area contributed by atoms with Crippen LogP contribution in [0.25, 0.3) is 11.1 Å². The minimum atomic E-state index is -0.279. The molecule has 18 heavy (non-hydrogen) atoms. The highest BCUT2D eigenvalue weighted by Crippen LogP contribution is 2.31. The number of aromatic nitrogens is 1. The van der Waals surface area contributed by atoms with Crippen LogP contribution in [0.15, 0.2) is 28.7 Å². The zero-order valence-electron chi connectivity index (χ0n) is 10.3. The predicted octanol–water partition coefficient (Wildman–Crippen LogP) is 3.58. The molecule has 0 saturated heterocycles. The van der Waals surface area contributed by atoms with E-state index in [-0.39, 0.29) is 5.54 Å². The van der Waals surface area contributed by atoms with Crippen molar-refractivity contribution in [3.63, 3.8) is 0 Å². The molecule has 3 rings (SSSR count). The number of hydrogen-bond donors (Lipinski definition) is 1. The molecule has 0 aliphatic heterocycles. The molecule has 1 aliphatic rings. The number of para-hydroxylation sites is 2. The molecule has 1 aromatic heterocycles. The van der Waals surface area contributed by atoms with E-state index in [0.29, 0.717) is 6.01 Å². The molecule has 0 atom stereocenters. The summed E-state index contributed by atoms with van der Waals surface area (Å²) < 4.78 is 5.68. The standard InChI is InChI=1S/C15H16N2O/c1-2-15(10-6-3-7-11-15)17-14-16-12-8-4-5-9-13(12)18-14/h1,4-5,8-9H,3,6-7,10-11H2,(H,16,17). The van der Waals surface area contributed by atoms with Gasteiger partial charge in [-0.1, -0.05) is 37.3 Å². The molecule has 1 heterocycles. The summed E-state index contributed by atoms with van der Waals surface area (Å²) in [5.41, 5.74) is 1.38. The molecule has 0 amide bonds. The fourth-order valence-corrected chi connectivity index (χ4v) is 2.59. The second kappa shape index (κ2) is 4.38. The van der Waals surface area contributed by atoms with Crippen LogP contribution in [0, 0.1) is 12.3 Å². The quantitative estimate of drug-likeness (QED) is 0.815. The zero-order valence-corrected chi connectivity index (χ0v) is 10.3. The van der Waals surface area contributed by atoms with Crippen molar-refractivity contribution >= 4 is 17.1 Å². The third kappa shape index (κ3) is 1.95. The smallest absolute Gasteiger partial charge is 0.296 e. The lowest BCUT2D eigenvalue weighted by Gasteiger charge is -2.32. The fraction of sp³-hybridized carbons (Fsp3) is 0.400. The average molecular weight is 240 g/mol. The van der Waals surface area contributed by atoms with E-state index in [9.17, 15) is 0 Å². The normalized spacial score (nSPS) is 18.4. The molecular formula is C15H16N2O. The van der Waals surface area contributed by atoms with Gasteiger partial charge in [-0.15, -0.1) is 6.42 Å². The molecule has 3 heteroatoms. The number of fused-ring (bicyclic) bond motifs is 1. The van der Waals surface area contributed by atoms with E-state index in [4.69, 9.17) is 10.8 Å². The number of nitrogens with one attached hydrogen (secondary N) is 1. The highest BCUT2D eigenvalue weighted by Gasteiger charge is 2.31. The molecule has 2 aromatic rings. The molecule has 1 N–H and O–H groups in total. The van der Waals surface area contributed by atoms with E-state index in [1.54, 1.807) is 0 Å². The van der Waals surface area contributed by atoms with Crippen LogP contribution in [0.2, 0.25) is 0 Å². The van der Waals surface area contributed by atoms with Gasteiger partial charge < -0.3 is 9.73 Å². The Morgan fingerprint density at radius 1 is 1.22 bits per heavy atom. The Morgan fingerprint density at radius 3 is 2.72 bits per heavy atom. The van der Waals surface area contributed by atoms with Crippen LogP contribution in [-0.4, -0.2) is 10.5 Å². The predicted molar refractivity (Wildman–Crippen MR) is 72.3 cm³/mol. The van der Waals surface area contributed by atoms with Gasteiger partial charge in [0.25, 0.3) is 6.01 Å². The van der Waals surface area contributed by atoms with Crippen LogP contribution in [0.5, 0.6) is 0 Å². The van der Waals surface area contributed by atoms with Crippen LogP contribution in [0.1, 0.15) is 32.1 Å². The van der Waals surface area contributed by atoms with Crippen molar-refractivity contribution in [2.45, 2.75) is 37.6 Å². The molecule has 0 unspecified atom stereocenters. The topological polar surface area (TPSA) is 38.1 Å². The summed E-state index contributed by atoms with van der Waals surface area (Å²) in [5.74, 6) is 2.90. The Bertz CT molecular complexity index is 555. The largest absolute Gasteiger partial charge is 0.424 e. The number of anilines is 1. The minimum absolute atomic E-state index is 0.279. The fourth-order valence-electron chi connectivity index (χ4n) is 2.59. The maximum absolute atomic E-state index is 5.70. The Balaban J connectivity index is 1.88. The Hall–Kier alpha value is -1.95. The van der Waals surface area contributed by atoms with Gasteiger partial charge in [-0.2, -0.15) is 4.98 Å². The first-order valence-corrected chi connectivity index (χ1v) is 6.43. The molecule has 92 valence electrons. The van der Waals surface area contributed by atoms with Crippen molar-refractivity contribution < 1.29 is 4.42 Å². The van der Waals surface area contributed by atoms with Gasteiger partial charge in [0.1, 0.15) is 11.1 Å². The van der Waals surface area contributed by atoms with E-state index < -0.39 is 0 Å². The van der Waals surface area contributed by atoms with Gasteiger partial charge in [0.05, 0.1) is 0 Å². The van der Waals surface area contributed by atoms with Crippen molar-refractivity contribution in [2.75, 3.05) is 5.32 Å². The molecule has 0 radical (unpaired) electrons. The summed E-state index contributed by atoms with van der Waals surface area (Å²) in [6, 6.07) is 8.28. The van der Waals surface area contributed by atoms with E-state index in [0.717, 1.165) is 36.8 Å². The van der Waals surface area contributed by atoms with E-state index >= 15 is 0 Å². The van der Waals surface area contributed by atoms with Crippen molar-refractivity contribution in [1.29, 1.82) is 0 Å². The summed E-state index contributed by atoms with van der Waals surface area (Å²) in [7, 11) is 0. The van der Waals surface area contributed by atoms with Crippen LogP contribution in [-0.2, 0) is 0 Å². The number of oxazole rings is 1. The molecule has 1 aromatic carbocycles. The van der Waals surface area contributed by atoms with Crippen LogP contribution >= 0.6 is 0 Å². The summed E-state index contributed by atoms with van der Waals surface area (Å²) in [4.78, 5) is 4.43. The number of nitrogens with zero attached hydrogens (tertiary/aromatic N) is 1. The lowest BCUT2D eigenvalue weighted by molar-refractivity contribution is 0.387. The van der Waals surface area contributed by atoms with Crippen molar-refractivity contribution in [2.24, 2.45) is 0 Å². The summed E-state index contributed by atoms with van der Waals surface area (Å²) in [6.45, 7) is 0. The summed E-state index contributed by atoms with van der Waals surface area (Å²) in [6.07, 6.45) is 11.3. The maximum Gasteiger partial charge on any atom is 0.296 e. The highest BCUT2D eigenvalue weighted by atomic mass is 16.4. The van der Waals surface area contributed by atoms with Gasteiger partial charge in [0.2, 0.25) is 0 Å². The molecule has 3 nitrogen and oxygen atoms in total. The maximum atomic E-state index is 5.70. The minimum Gasteiger partial charge on any atom is -0.424 e. The Morgan fingerprint density at radius 2 is 2.00 bits per heavy atom.